The van der Waals surface area contributed by atoms with Gasteiger partial charge in [0.1, 0.15) is 5.82 Å². The number of nitrogens with zero attached hydrogens (tertiary/aromatic N) is 3. The predicted octanol–water partition coefficient (Wildman–Crippen LogP) is 3.29. The van der Waals surface area contributed by atoms with Crippen LogP contribution >= 0.6 is 0 Å². The lowest BCUT2D eigenvalue weighted by atomic mass is 9.93. The number of aromatic nitrogens is 2. The van der Waals surface area contributed by atoms with E-state index in [0.717, 1.165) is 41.8 Å². The van der Waals surface area contributed by atoms with E-state index in [0.29, 0.717) is 0 Å². The second-order valence-corrected chi connectivity index (χ2v) is 4.87. The fraction of sp³-hybridized carbons (Fsp3) is 0.429. The molecule has 4 nitrogen and oxygen atoms in total. The molecule has 1 N–H and O–H groups in total. The standard InChI is InChI=1S/C14H17N3O/c1-10-15-11-6-2-4-8-13(11)17(10)14-9-5-3-7-12(14)16-18/h2,4,6,8,14,18H,3,5,7,9H2,1H3. The highest BCUT2D eigenvalue weighted by molar-refractivity contribution is 5.90. The maximum absolute atomic E-state index is 9.18. The second-order valence-electron chi connectivity index (χ2n) is 4.87. The van der Waals surface area contributed by atoms with Crippen LogP contribution in [0, 0.1) is 6.92 Å². The van der Waals surface area contributed by atoms with Gasteiger partial charge in [-0.05, 0) is 38.3 Å². The van der Waals surface area contributed by atoms with Crippen LogP contribution < -0.4 is 0 Å². The molecule has 0 bridgehead atoms. The Labute approximate surface area is 106 Å². The fourth-order valence-corrected chi connectivity index (χ4v) is 2.93. The Kier molecular flexibility index (Phi) is 2.78. The van der Waals surface area contributed by atoms with Crippen molar-refractivity contribution >= 4 is 16.7 Å². The minimum absolute atomic E-state index is 0.163. The van der Waals surface area contributed by atoms with Crippen LogP contribution in [-0.2, 0) is 0 Å². The largest absolute Gasteiger partial charge is 0.411 e. The number of benzene rings is 1. The van der Waals surface area contributed by atoms with E-state index in [2.05, 4.69) is 20.8 Å². The van der Waals surface area contributed by atoms with Crippen LogP contribution in [0.25, 0.3) is 11.0 Å². The molecule has 1 heterocycles. The maximum Gasteiger partial charge on any atom is 0.107 e. The molecular formula is C14H17N3O. The number of oxime groups is 1. The summed E-state index contributed by atoms with van der Waals surface area (Å²) >= 11 is 0. The van der Waals surface area contributed by atoms with Crippen molar-refractivity contribution in [2.75, 3.05) is 0 Å². The number of hydrogen-bond acceptors (Lipinski definition) is 3. The lowest BCUT2D eigenvalue weighted by Crippen LogP contribution is -2.24. The molecule has 1 aromatic heterocycles. The quantitative estimate of drug-likeness (QED) is 0.617. The number of imidazole rings is 1. The Hall–Kier alpha value is -1.84. The van der Waals surface area contributed by atoms with Crippen LogP contribution in [-0.4, -0.2) is 20.5 Å². The SMILES string of the molecule is Cc1nc2ccccc2n1C1CCCCC1=NO. The summed E-state index contributed by atoms with van der Waals surface area (Å²) in [6.07, 6.45) is 4.20. The average molecular weight is 243 g/mol. The number of para-hydroxylation sites is 2. The molecule has 1 fully saturated rings. The summed E-state index contributed by atoms with van der Waals surface area (Å²) in [7, 11) is 0. The molecule has 2 aromatic rings. The first-order valence-corrected chi connectivity index (χ1v) is 6.45. The summed E-state index contributed by atoms with van der Waals surface area (Å²) in [4.78, 5) is 4.58. The molecule has 1 atom stereocenters. The Morgan fingerprint density at radius 2 is 2.17 bits per heavy atom. The van der Waals surface area contributed by atoms with Crippen LogP contribution in [0.5, 0.6) is 0 Å². The molecule has 0 aliphatic heterocycles. The molecule has 1 unspecified atom stereocenters. The Bertz CT molecular complexity index is 600. The summed E-state index contributed by atoms with van der Waals surface area (Å²) in [6.45, 7) is 2.02. The molecule has 18 heavy (non-hydrogen) atoms. The van der Waals surface area contributed by atoms with Crippen molar-refractivity contribution in [2.24, 2.45) is 5.16 Å². The van der Waals surface area contributed by atoms with Crippen molar-refractivity contribution < 1.29 is 5.21 Å². The molecular weight excluding hydrogens is 226 g/mol. The summed E-state index contributed by atoms with van der Waals surface area (Å²) in [5.41, 5.74) is 3.02. The van der Waals surface area contributed by atoms with E-state index in [9.17, 15) is 5.21 Å². The van der Waals surface area contributed by atoms with Gasteiger partial charge in [-0.25, -0.2) is 4.98 Å². The van der Waals surface area contributed by atoms with E-state index in [1.165, 1.54) is 6.42 Å². The molecule has 1 saturated carbocycles. The highest BCUT2D eigenvalue weighted by Crippen LogP contribution is 2.30. The summed E-state index contributed by atoms with van der Waals surface area (Å²) < 4.78 is 2.21. The first-order chi connectivity index (χ1) is 8.81. The van der Waals surface area contributed by atoms with Crippen molar-refractivity contribution in [2.45, 2.75) is 38.6 Å². The zero-order valence-corrected chi connectivity index (χ0v) is 10.5. The number of rotatable bonds is 1. The van der Waals surface area contributed by atoms with E-state index in [-0.39, 0.29) is 6.04 Å². The number of aryl methyl sites for hydroxylation is 1. The van der Waals surface area contributed by atoms with Crippen LogP contribution in [0.3, 0.4) is 0 Å². The van der Waals surface area contributed by atoms with Gasteiger partial charge in [-0.3, -0.25) is 0 Å². The summed E-state index contributed by atoms with van der Waals surface area (Å²) in [5.74, 6) is 0.990. The Morgan fingerprint density at radius 1 is 1.33 bits per heavy atom. The van der Waals surface area contributed by atoms with Gasteiger partial charge in [0.25, 0.3) is 0 Å². The Balaban J connectivity index is 2.15. The topological polar surface area (TPSA) is 50.4 Å². The third-order valence-corrected chi connectivity index (χ3v) is 3.76. The van der Waals surface area contributed by atoms with E-state index in [1.54, 1.807) is 0 Å². The van der Waals surface area contributed by atoms with Gasteiger partial charge in [-0.2, -0.15) is 0 Å². The average Bonchev–Trinajstić information content (AvgIpc) is 2.74. The van der Waals surface area contributed by atoms with Crippen LogP contribution in [0.2, 0.25) is 0 Å². The first-order valence-electron chi connectivity index (χ1n) is 6.45. The van der Waals surface area contributed by atoms with Gasteiger partial charge in [0.15, 0.2) is 0 Å². The Morgan fingerprint density at radius 3 is 3.00 bits per heavy atom. The van der Waals surface area contributed by atoms with Crippen molar-refractivity contribution in [1.82, 2.24) is 9.55 Å². The predicted molar refractivity (Wildman–Crippen MR) is 71.2 cm³/mol. The molecule has 4 heteroatoms. The van der Waals surface area contributed by atoms with Crippen molar-refractivity contribution in [3.05, 3.63) is 30.1 Å². The van der Waals surface area contributed by atoms with E-state index < -0.39 is 0 Å². The molecule has 0 spiro atoms. The van der Waals surface area contributed by atoms with E-state index >= 15 is 0 Å². The number of fused-ring (bicyclic) bond motifs is 1. The highest BCUT2D eigenvalue weighted by atomic mass is 16.4. The van der Waals surface area contributed by atoms with Gasteiger partial charge in [-0.1, -0.05) is 23.7 Å². The first kappa shape index (κ1) is 11.3. The molecule has 1 aliphatic rings. The van der Waals surface area contributed by atoms with Crippen LogP contribution in [0.15, 0.2) is 29.4 Å². The molecule has 0 saturated heterocycles. The smallest absolute Gasteiger partial charge is 0.107 e. The van der Waals surface area contributed by atoms with Crippen molar-refractivity contribution in [3.63, 3.8) is 0 Å². The molecule has 94 valence electrons. The minimum Gasteiger partial charge on any atom is -0.411 e. The summed E-state index contributed by atoms with van der Waals surface area (Å²) in [6, 6.07) is 8.30. The van der Waals surface area contributed by atoms with Gasteiger partial charge in [0.05, 0.1) is 22.8 Å². The lowest BCUT2D eigenvalue weighted by Gasteiger charge is -2.25. The van der Waals surface area contributed by atoms with Gasteiger partial charge in [0.2, 0.25) is 0 Å². The molecule has 0 radical (unpaired) electrons. The van der Waals surface area contributed by atoms with Crippen molar-refractivity contribution in [3.8, 4) is 0 Å². The monoisotopic (exact) mass is 243 g/mol. The van der Waals surface area contributed by atoms with Gasteiger partial charge in [-0.15, -0.1) is 0 Å². The van der Waals surface area contributed by atoms with E-state index in [1.807, 2.05) is 25.1 Å². The lowest BCUT2D eigenvalue weighted by molar-refractivity contribution is 0.308. The summed E-state index contributed by atoms with van der Waals surface area (Å²) in [5, 5.41) is 12.7. The normalized spacial score (nSPS) is 22.7. The van der Waals surface area contributed by atoms with Gasteiger partial charge >= 0.3 is 0 Å². The molecule has 1 aliphatic carbocycles. The molecule has 1 aromatic carbocycles. The van der Waals surface area contributed by atoms with Crippen LogP contribution in [0.1, 0.15) is 37.5 Å². The minimum atomic E-state index is 0.163. The molecule has 3 rings (SSSR count). The zero-order chi connectivity index (χ0) is 12.5. The highest BCUT2D eigenvalue weighted by Gasteiger charge is 2.25. The van der Waals surface area contributed by atoms with E-state index in [4.69, 9.17) is 0 Å². The van der Waals surface area contributed by atoms with Gasteiger partial charge < -0.3 is 9.77 Å². The fourth-order valence-electron chi connectivity index (χ4n) is 2.93. The molecule has 0 amide bonds. The number of hydrogen-bond donors (Lipinski definition) is 1. The maximum atomic E-state index is 9.18. The zero-order valence-electron chi connectivity index (χ0n) is 10.5. The van der Waals surface area contributed by atoms with Crippen molar-refractivity contribution in [1.29, 1.82) is 0 Å². The van der Waals surface area contributed by atoms with Crippen LogP contribution in [0.4, 0.5) is 0 Å². The third-order valence-electron chi connectivity index (χ3n) is 3.76. The second kappa shape index (κ2) is 4.44. The third kappa shape index (κ3) is 1.68. The van der Waals surface area contributed by atoms with Gasteiger partial charge in [0, 0.05) is 0 Å².